The van der Waals surface area contributed by atoms with Gasteiger partial charge in [0.2, 0.25) is 0 Å². The zero-order valence-corrected chi connectivity index (χ0v) is 14.3. The Hall–Kier alpha value is -0.0600. The molecule has 0 aliphatic carbocycles. The minimum absolute atomic E-state index is 0.0817. The molecule has 0 aliphatic heterocycles. The molecule has 1 rings (SSSR count). The Morgan fingerprint density at radius 1 is 1.44 bits per heavy atom. The Bertz CT molecular complexity index is 435. The summed E-state index contributed by atoms with van der Waals surface area (Å²) in [5.74, 6) is -0.0907. The first kappa shape index (κ1) is 16.0. The van der Waals surface area contributed by atoms with E-state index in [2.05, 4.69) is 51.0 Å². The maximum atomic E-state index is 12.0. The van der Waals surface area contributed by atoms with Crippen LogP contribution in [0.3, 0.4) is 0 Å². The van der Waals surface area contributed by atoms with E-state index in [1.165, 1.54) is 0 Å². The van der Waals surface area contributed by atoms with Crippen LogP contribution in [0.15, 0.2) is 22.7 Å². The highest BCUT2D eigenvalue weighted by Crippen LogP contribution is 2.24. The van der Waals surface area contributed by atoms with Crippen molar-refractivity contribution < 1.29 is 4.79 Å². The molecule has 0 heterocycles. The molecule has 18 heavy (non-hydrogen) atoms. The predicted molar refractivity (Wildman–Crippen MR) is 83.7 cm³/mol. The number of benzene rings is 1. The maximum absolute atomic E-state index is 12.0. The highest BCUT2D eigenvalue weighted by atomic mass is 79.9. The number of alkyl halides is 1. The van der Waals surface area contributed by atoms with E-state index in [-0.39, 0.29) is 11.3 Å². The number of hydrogen-bond donors (Lipinski definition) is 1. The third-order valence-corrected chi connectivity index (χ3v) is 4.31. The topological polar surface area (TPSA) is 29.1 Å². The largest absolute Gasteiger partial charge is 0.352 e. The minimum atomic E-state index is -0.0907. The first-order chi connectivity index (χ1) is 8.35. The smallest absolute Gasteiger partial charge is 0.251 e. The van der Waals surface area contributed by atoms with Gasteiger partial charge in [-0.25, -0.2) is 0 Å². The SMILES string of the molecule is CC(C)(CCBr)CNC(=O)c1ccc(Br)c(Cl)c1. The second-order valence-corrected chi connectivity index (χ2v) is 6.97. The van der Waals surface area contributed by atoms with Gasteiger partial charge in [0, 0.05) is 21.9 Å². The molecule has 2 nitrogen and oxygen atoms in total. The molecule has 0 aromatic heterocycles. The van der Waals surface area contributed by atoms with Crippen molar-refractivity contribution in [3.8, 4) is 0 Å². The average Bonchev–Trinajstić information content (AvgIpc) is 2.30. The first-order valence-electron chi connectivity index (χ1n) is 5.65. The zero-order valence-electron chi connectivity index (χ0n) is 10.4. The first-order valence-corrected chi connectivity index (χ1v) is 7.94. The van der Waals surface area contributed by atoms with Crippen molar-refractivity contribution in [3.63, 3.8) is 0 Å². The van der Waals surface area contributed by atoms with Crippen molar-refractivity contribution in [1.29, 1.82) is 0 Å². The number of hydrogen-bond acceptors (Lipinski definition) is 1. The lowest BCUT2D eigenvalue weighted by Gasteiger charge is -2.23. The van der Waals surface area contributed by atoms with Crippen LogP contribution in [0.5, 0.6) is 0 Å². The molecule has 0 saturated carbocycles. The summed E-state index contributed by atoms with van der Waals surface area (Å²) in [4.78, 5) is 12.0. The summed E-state index contributed by atoms with van der Waals surface area (Å²) >= 11 is 12.7. The standard InChI is InChI=1S/C13H16Br2ClNO/c1-13(2,5-6-14)8-17-12(18)9-3-4-10(15)11(16)7-9/h3-4,7H,5-6,8H2,1-2H3,(H,17,18). The van der Waals surface area contributed by atoms with Gasteiger partial charge in [-0.3, -0.25) is 4.79 Å². The van der Waals surface area contributed by atoms with E-state index in [9.17, 15) is 4.79 Å². The van der Waals surface area contributed by atoms with E-state index >= 15 is 0 Å². The molecular weight excluding hydrogens is 381 g/mol. The van der Waals surface area contributed by atoms with Gasteiger partial charge in [-0.15, -0.1) is 0 Å². The van der Waals surface area contributed by atoms with Crippen LogP contribution in [-0.2, 0) is 0 Å². The summed E-state index contributed by atoms with van der Waals surface area (Å²) in [5, 5.41) is 4.41. The molecule has 0 unspecified atom stereocenters. The molecule has 1 N–H and O–H groups in total. The van der Waals surface area contributed by atoms with E-state index in [0.29, 0.717) is 17.1 Å². The molecule has 0 bridgehead atoms. The van der Waals surface area contributed by atoms with Gasteiger partial charge in [0.05, 0.1) is 5.02 Å². The summed E-state index contributed by atoms with van der Waals surface area (Å²) in [6, 6.07) is 5.20. The number of carbonyl (C=O) groups excluding carboxylic acids is 1. The Kier molecular flexibility index (Phi) is 6.15. The third-order valence-electron chi connectivity index (χ3n) is 2.68. The lowest BCUT2D eigenvalue weighted by Crippen LogP contribution is -2.34. The molecule has 0 aliphatic rings. The molecule has 1 amide bonds. The van der Waals surface area contributed by atoms with E-state index in [1.807, 2.05) is 0 Å². The Labute approximate surface area is 130 Å². The zero-order chi connectivity index (χ0) is 13.8. The predicted octanol–water partition coefficient (Wildman–Crippen LogP) is 4.64. The Morgan fingerprint density at radius 3 is 2.67 bits per heavy atom. The van der Waals surface area contributed by atoms with Crippen LogP contribution >= 0.6 is 43.5 Å². The fourth-order valence-electron chi connectivity index (χ4n) is 1.40. The lowest BCUT2D eigenvalue weighted by molar-refractivity contribution is 0.0936. The van der Waals surface area contributed by atoms with Crippen LogP contribution in [0.2, 0.25) is 5.02 Å². The third kappa shape index (κ3) is 4.90. The van der Waals surface area contributed by atoms with Crippen LogP contribution in [0.25, 0.3) is 0 Å². The summed E-state index contributed by atoms with van der Waals surface area (Å²) in [5.41, 5.74) is 0.663. The van der Waals surface area contributed by atoms with Crippen LogP contribution in [0, 0.1) is 5.41 Å². The van der Waals surface area contributed by atoms with E-state index < -0.39 is 0 Å². The van der Waals surface area contributed by atoms with Gasteiger partial charge >= 0.3 is 0 Å². The number of halogens is 3. The van der Waals surface area contributed by atoms with Crippen LogP contribution in [0.1, 0.15) is 30.6 Å². The summed E-state index contributed by atoms with van der Waals surface area (Å²) in [6.45, 7) is 4.90. The van der Waals surface area contributed by atoms with Crippen molar-refractivity contribution in [2.75, 3.05) is 11.9 Å². The van der Waals surface area contributed by atoms with Crippen molar-refractivity contribution in [2.24, 2.45) is 5.41 Å². The molecule has 0 spiro atoms. The van der Waals surface area contributed by atoms with Crippen molar-refractivity contribution in [2.45, 2.75) is 20.3 Å². The summed E-state index contributed by atoms with van der Waals surface area (Å²) in [7, 11) is 0. The molecule has 0 saturated heterocycles. The number of nitrogens with one attached hydrogen (secondary N) is 1. The van der Waals surface area contributed by atoms with Crippen LogP contribution in [0.4, 0.5) is 0 Å². The maximum Gasteiger partial charge on any atom is 0.251 e. The second kappa shape index (κ2) is 6.92. The molecule has 1 aromatic carbocycles. The van der Waals surface area contributed by atoms with Crippen molar-refractivity contribution in [3.05, 3.63) is 33.3 Å². The summed E-state index contributed by atoms with van der Waals surface area (Å²) < 4.78 is 0.792. The second-order valence-electron chi connectivity index (χ2n) is 4.91. The summed E-state index contributed by atoms with van der Waals surface area (Å²) in [6.07, 6.45) is 1.01. The monoisotopic (exact) mass is 395 g/mol. The van der Waals surface area contributed by atoms with E-state index in [4.69, 9.17) is 11.6 Å². The molecule has 100 valence electrons. The fourth-order valence-corrected chi connectivity index (χ4v) is 2.90. The molecule has 1 aromatic rings. The molecule has 0 fully saturated rings. The number of carbonyl (C=O) groups is 1. The molecular formula is C13H16Br2ClNO. The van der Waals surface area contributed by atoms with E-state index in [0.717, 1.165) is 16.2 Å². The number of amides is 1. The number of rotatable bonds is 5. The Morgan fingerprint density at radius 2 is 2.11 bits per heavy atom. The Balaban J connectivity index is 2.63. The van der Waals surface area contributed by atoms with Gasteiger partial charge in [-0.1, -0.05) is 41.4 Å². The lowest BCUT2D eigenvalue weighted by atomic mass is 9.90. The average molecular weight is 398 g/mol. The van der Waals surface area contributed by atoms with Crippen LogP contribution in [-0.4, -0.2) is 17.8 Å². The van der Waals surface area contributed by atoms with Gasteiger partial charge in [-0.2, -0.15) is 0 Å². The fraction of sp³-hybridized carbons (Fsp3) is 0.462. The highest BCUT2D eigenvalue weighted by molar-refractivity contribution is 9.10. The van der Waals surface area contributed by atoms with Crippen molar-refractivity contribution in [1.82, 2.24) is 5.32 Å². The highest BCUT2D eigenvalue weighted by Gasteiger charge is 2.18. The molecule has 0 atom stereocenters. The van der Waals surface area contributed by atoms with E-state index in [1.54, 1.807) is 18.2 Å². The normalized spacial score (nSPS) is 11.4. The molecule has 0 radical (unpaired) electrons. The quantitative estimate of drug-likeness (QED) is 0.721. The van der Waals surface area contributed by atoms with Gasteiger partial charge < -0.3 is 5.32 Å². The van der Waals surface area contributed by atoms with Gasteiger partial charge in [-0.05, 0) is 46.0 Å². The van der Waals surface area contributed by atoms with Gasteiger partial charge in [0.25, 0.3) is 5.91 Å². The van der Waals surface area contributed by atoms with Gasteiger partial charge in [0.1, 0.15) is 0 Å². The minimum Gasteiger partial charge on any atom is -0.352 e. The van der Waals surface area contributed by atoms with Gasteiger partial charge in [0.15, 0.2) is 0 Å². The molecule has 5 heteroatoms. The van der Waals surface area contributed by atoms with Crippen molar-refractivity contribution >= 4 is 49.4 Å². The van der Waals surface area contributed by atoms with Crippen LogP contribution < -0.4 is 5.32 Å².